The second kappa shape index (κ2) is 8.62. The van der Waals surface area contributed by atoms with Crippen molar-refractivity contribution in [2.75, 3.05) is 7.11 Å². The Morgan fingerprint density at radius 2 is 1.81 bits per heavy atom. The van der Waals surface area contributed by atoms with E-state index in [0.717, 1.165) is 21.6 Å². The van der Waals surface area contributed by atoms with Gasteiger partial charge in [0, 0.05) is 5.56 Å². The summed E-state index contributed by atoms with van der Waals surface area (Å²) >= 11 is 5.48. The third-order valence-electron chi connectivity index (χ3n) is 3.75. The molecule has 0 atom stereocenters. The van der Waals surface area contributed by atoms with Gasteiger partial charge in [0.25, 0.3) is 10.1 Å². The van der Waals surface area contributed by atoms with Gasteiger partial charge in [-0.3, -0.25) is 4.55 Å². The third kappa shape index (κ3) is 4.28. The van der Waals surface area contributed by atoms with Crippen LogP contribution in [0.1, 0.15) is 5.56 Å². The van der Waals surface area contributed by atoms with Crippen molar-refractivity contribution in [3.05, 3.63) is 51.9 Å². The van der Waals surface area contributed by atoms with Crippen LogP contribution < -0.4 is 4.74 Å². The van der Waals surface area contributed by atoms with Gasteiger partial charge in [-0.2, -0.15) is 8.42 Å². The van der Waals surface area contributed by atoms with Crippen LogP contribution in [0.3, 0.4) is 0 Å². The van der Waals surface area contributed by atoms with Crippen LogP contribution in [-0.2, 0) is 10.1 Å². The first-order chi connectivity index (χ1) is 11.8. The predicted molar refractivity (Wildman–Crippen MR) is 112 cm³/mol. The van der Waals surface area contributed by atoms with Gasteiger partial charge in [0.15, 0.2) is 0 Å². The zero-order valence-corrected chi connectivity index (χ0v) is 16.6. The summed E-state index contributed by atoms with van der Waals surface area (Å²) in [4.78, 5) is 0.716. The Morgan fingerprint density at radius 1 is 1.12 bits per heavy atom. The van der Waals surface area contributed by atoms with E-state index in [1.807, 2.05) is 31.2 Å². The molecule has 2 aromatic carbocycles. The number of hydrogen-bond acceptors (Lipinski definition) is 6. The Bertz CT molecular complexity index is 1100. The van der Waals surface area contributed by atoms with Crippen molar-refractivity contribution in [1.29, 1.82) is 0 Å². The van der Waals surface area contributed by atoms with Crippen LogP contribution in [0.2, 0.25) is 0 Å². The van der Waals surface area contributed by atoms with Crippen molar-refractivity contribution in [3.8, 4) is 27.3 Å². The van der Waals surface area contributed by atoms with E-state index in [-0.39, 0.29) is 40.2 Å². The fourth-order valence-corrected chi connectivity index (χ4v) is 6.21. The summed E-state index contributed by atoms with van der Waals surface area (Å²) in [5.41, 5.74) is 3.59. The molecule has 3 rings (SSSR count). The Hall–Kier alpha value is -0.580. The average Bonchev–Trinajstić information content (AvgIpc) is 2.95. The van der Waals surface area contributed by atoms with Gasteiger partial charge >= 0.3 is 29.6 Å². The molecular formula is C17H15NaO4S4. The molecule has 0 aliphatic rings. The first kappa shape index (κ1) is 21.7. The number of methoxy groups -OCH3 is 1. The zero-order chi connectivity index (χ0) is 18.2. The fourth-order valence-electron chi connectivity index (χ4n) is 2.55. The molecule has 0 saturated heterocycles. The Morgan fingerprint density at radius 3 is 2.42 bits per heavy atom. The van der Waals surface area contributed by atoms with Crippen molar-refractivity contribution in [2.45, 2.75) is 11.8 Å². The maximum absolute atomic E-state index is 11.7. The predicted octanol–water partition coefficient (Wildman–Crippen LogP) is 4.79. The van der Waals surface area contributed by atoms with E-state index in [9.17, 15) is 13.0 Å². The quantitative estimate of drug-likeness (QED) is 0.277. The molecule has 0 radical (unpaired) electrons. The second-order valence-electron chi connectivity index (χ2n) is 5.31. The molecule has 1 N–H and O–H groups in total. The van der Waals surface area contributed by atoms with E-state index in [2.05, 4.69) is 0 Å². The van der Waals surface area contributed by atoms with Gasteiger partial charge in [0.1, 0.15) is 14.5 Å². The van der Waals surface area contributed by atoms with Crippen molar-refractivity contribution in [1.82, 2.24) is 0 Å². The monoisotopic (exact) mass is 434 g/mol. The van der Waals surface area contributed by atoms with Gasteiger partial charge in [0.05, 0.1) is 12.0 Å². The molecule has 0 fully saturated rings. The maximum atomic E-state index is 11.7. The van der Waals surface area contributed by atoms with Gasteiger partial charge in [-0.25, -0.2) is 0 Å². The molecule has 0 amide bonds. The molecule has 1 aromatic heterocycles. The van der Waals surface area contributed by atoms with Gasteiger partial charge in [-0.15, -0.1) is 0 Å². The number of ether oxygens (including phenoxy) is 1. The number of benzene rings is 2. The average molecular weight is 435 g/mol. The molecular weight excluding hydrogens is 419 g/mol. The SMILES string of the molecule is COc1ccc(-c2c(-c3ccccc3C)ssc2=S)cc1S(=O)(=O)O.[NaH]. The zero-order valence-electron chi connectivity index (χ0n) is 13.3. The van der Waals surface area contributed by atoms with Gasteiger partial charge in [-0.05, 0) is 35.7 Å². The van der Waals surface area contributed by atoms with E-state index in [0.29, 0.717) is 9.39 Å². The van der Waals surface area contributed by atoms with Crippen LogP contribution in [-0.4, -0.2) is 49.6 Å². The van der Waals surface area contributed by atoms with Crippen LogP contribution >= 0.6 is 32.9 Å². The van der Waals surface area contributed by atoms with E-state index in [4.69, 9.17) is 17.0 Å². The summed E-state index contributed by atoms with van der Waals surface area (Å²) < 4.78 is 38.6. The molecule has 0 unspecified atom stereocenters. The normalized spacial score (nSPS) is 11.0. The summed E-state index contributed by atoms with van der Waals surface area (Å²) in [7, 11) is -0.0332. The fraction of sp³-hybridized carbons (Fsp3) is 0.118. The molecule has 0 aliphatic carbocycles. The van der Waals surface area contributed by atoms with Gasteiger partial charge in [0.2, 0.25) is 0 Å². The van der Waals surface area contributed by atoms with E-state index in [1.54, 1.807) is 16.4 Å². The van der Waals surface area contributed by atoms with Crippen LogP contribution in [0.15, 0.2) is 47.4 Å². The number of aryl methyl sites for hydroxylation is 1. The van der Waals surface area contributed by atoms with E-state index < -0.39 is 10.1 Å². The standard InChI is InChI=1S/C17H14O4S4.Na.H/c1-10-5-3-4-6-12(10)16-15(17(22)24-23-16)11-7-8-13(21-2)14(9-11)25(18,19)20;;/h3-9H,1-2H3,(H,18,19,20);;. The van der Waals surface area contributed by atoms with Crippen molar-refractivity contribution >= 4 is 72.6 Å². The van der Waals surface area contributed by atoms with Crippen LogP contribution in [0.4, 0.5) is 0 Å². The third-order valence-corrected chi connectivity index (χ3v) is 7.68. The summed E-state index contributed by atoms with van der Waals surface area (Å²) in [6.07, 6.45) is 0. The Labute approximate surface area is 186 Å². The van der Waals surface area contributed by atoms with E-state index in [1.165, 1.54) is 29.6 Å². The first-order valence-electron chi connectivity index (χ1n) is 7.18. The van der Waals surface area contributed by atoms with Crippen LogP contribution in [0.25, 0.3) is 21.6 Å². The minimum atomic E-state index is -4.41. The molecule has 132 valence electrons. The Balaban J connectivity index is 0.00000243. The number of rotatable bonds is 4. The summed E-state index contributed by atoms with van der Waals surface area (Å²) in [6.45, 7) is 2.02. The van der Waals surface area contributed by atoms with Crippen molar-refractivity contribution in [2.24, 2.45) is 0 Å². The summed E-state index contributed by atoms with van der Waals surface area (Å²) in [6, 6.07) is 12.6. The van der Waals surface area contributed by atoms with Crippen molar-refractivity contribution < 1.29 is 17.7 Å². The van der Waals surface area contributed by atoms with Crippen molar-refractivity contribution in [3.63, 3.8) is 0 Å². The topological polar surface area (TPSA) is 63.6 Å². The van der Waals surface area contributed by atoms with Crippen LogP contribution in [0, 0.1) is 10.7 Å². The summed E-state index contributed by atoms with van der Waals surface area (Å²) in [5, 5.41) is 0. The molecule has 0 aliphatic heterocycles. The molecule has 26 heavy (non-hydrogen) atoms. The molecule has 4 nitrogen and oxygen atoms in total. The molecule has 0 spiro atoms. The molecule has 9 heteroatoms. The van der Waals surface area contributed by atoms with Gasteiger partial charge in [-0.1, -0.05) is 63.2 Å². The number of hydrogen-bond donors (Lipinski definition) is 1. The molecule has 0 bridgehead atoms. The molecule has 3 aromatic rings. The van der Waals surface area contributed by atoms with Gasteiger partial charge < -0.3 is 4.74 Å². The minimum absolute atomic E-state index is 0. The van der Waals surface area contributed by atoms with Crippen LogP contribution in [0.5, 0.6) is 5.75 Å². The second-order valence-corrected chi connectivity index (χ2v) is 9.52. The Kier molecular flexibility index (Phi) is 7.20. The first-order valence-corrected chi connectivity index (χ1v) is 11.2. The molecule has 1 heterocycles. The molecule has 0 saturated carbocycles. The summed E-state index contributed by atoms with van der Waals surface area (Å²) in [5.74, 6) is 0.0912. The van der Waals surface area contributed by atoms with E-state index >= 15 is 0 Å².